The first-order valence-corrected chi connectivity index (χ1v) is 6.37. The number of aliphatic hydroxyl groups is 1. The summed E-state index contributed by atoms with van der Waals surface area (Å²) in [5, 5.41) is 14.1. The summed E-state index contributed by atoms with van der Waals surface area (Å²) in [4.78, 5) is 11.7. The predicted molar refractivity (Wildman–Crippen MR) is 75.5 cm³/mol. The monoisotopic (exact) mass is 284 g/mol. The highest BCUT2D eigenvalue weighted by atomic mass is 19.1. The Morgan fingerprint density at radius 3 is 2.70 bits per heavy atom. The summed E-state index contributed by atoms with van der Waals surface area (Å²) in [7, 11) is 1.38. The summed E-state index contributed by atoms with van der Waals surface area (Å²) >= 11 is 0. The van der Waals surface area contributed by atoms with Crippen LogP contribution >= 0.6 is 0 Å². The molecule has 0 unspecified atom stereocenters. The standard InChI is InChI=1S/C14H21FN2O3/c1-14(2,6-7-18)9-16-13(19)17-10-4-5-12(20-3)11(15)8-10/h4-5,8,18H,6-7,9H2,1-3H3,(H2,16,17,19). The molecule has 0 aliphatic heterocycles. The topological polar surface area (TPSA) is 70.6 Å². The zero-order valence-electron chi connectivity index (χ0n) is 12.0. The molecule has 1 aromatic rings. The van der Waals surface area contributed by atoms with Crippen LogP contribution in [-0.4, -0.2) is 31.4 Å². The van der Waals surface area contributed by atoms with E-state index in [2.05, 4.69) is 10.6 Å². The molecule has 0 bridgehead atoms. The van der Waals surface area contributed by atoms with Crippen LogP contribution in [0.4, 0.5) is 14.9 Å². The van der Waals surface area contributed by atoms with E-state index >= 15 is 0 Å². The first kappa shape index (κ1) is 16.2. The number of rotatable bonds is 6. The van der Waals surface area contributed by atoms with Crippen LogP contribution in [0, 0.1) is 11.2 Å². The summed E-state index contributed by atoms with van der Waals surface area (Å²) < 4.78 is 18.2. The second-order valence-electron chi connectivity index (χ2n) is 5.29. The van der Waals surface area contributed by atoms with Gasteiger partial charge in [0.25, 0.3) is 0 Å². The van der Waals surface area contributed by atoms with E-state index in [1.165, 1.54) is 19.2 Å². The average Bonchev–Trinajstić information content (AvgIpc) is 2.37. The maximum absolute atomic E-state index is 13.5. The minimum Gasteiger partial charge on any atom is -0.494 e. The lowest BCUT2D eigenvalue weighted by Gasteiger charge is -2.23. The van der Waals surface area contributed by atoms with Crippen LogP contribution in [-0.2, 0) is 0 Å². The minimum atomic E-state index is -0.536. The Balaban J connectivity index is 2.52. The summed E-state index contributed by atoms with van der Waals surface area (Å²) in [6.45, 7) is 4.37. The van der Waals surface area contributed by atoms with Crippen molar-refractivity contribution in [2.45, 2.75) is 20.3 Å². The van der Waals surface area contributed by atoms with Gasteiger partial charge >= 0.3 is 6.03 Å². The maximum Gasteiger partial charge on any atom is 0.319 e. The van der Waals surface area contributed by atoms with Crippen molar-refractivity contribution in [1.29, 1.82) is 0 Å². The van der Waals surface area contributed by atoms with E-state index < -0.39 is 11.8 Å². The van der Waals surface area contributed by atoms with Crippen LogP contribution in [0.1, 0.15) is 20.3 Å². The summed E-state index contributed by atoms with van der Waals surface area (Å²) in [6.07, 6.45) is 0.588. The molecule has 112 valence electrons. The Hall–Kier alpha value is -1.82. The molecule has 0 fully saturated rings. The third-order valence-corrected chi connectivity index (χ3v) is 2.93. The van der Waals surface area contributed by atoms with Crippen molar-refractivity contribution in [1.82, 2.24) is 5.32 Å². The van der Waals surface area contributed by atoms with Gasteiger partial charge in [-0.3, -0.25) is 0 Å². The highest BCUT2D eigenvalue weighted by Gasteiger charge is 2.18. The van der Waals surface area contributed by atoms with Crippen LogP contribution in [0.25, 0.3) is 0 Å². The van der Waals surface area contributed by atoms with E-state index in [0.29, 0.717) is 18.7 Å². The van der Waals surface area contributed by atoms with Gasteiger partial charge in [0.05, 0.1) is 7.11 Å². The van der Waals surface area contributed by atoms with Crippen molar-refractivity contribution in [3.05, 3.63) is 24.0 Å². The number of carbonyl (C=O) groups is 1. The number of methoxy groups -OCH3 is 1. The number of ether oxygens (including phenoxy) is 1. The number of aliphatic hydroxyl groups excluding tert-OH is 1. The van der Waals surface area contributed by atoms with Gasteiger partial charge in [0.15, 0.2) is 11.6 Å². The van der Waals surface area contributed by atoms with Gasteiger partial charge in [-0.2, -0.15) is 0 Å². The molecule has 0 aliphatic carbocycles. The Kier molecular flexibility index (Phi) is 5.76. The Bertz CT molecular complexity index is 464. The zero-order chi connectivity index (χ0) is 15.2. The van der Waals surface area contributed by atoms with Gasteiger partial charge < -0.3 is 20.5 Å². The van der Waals surface area contributed by atoms with Gasteiger partial charge in [-0.25, -0.2) is 9.18 Å². The molecule has 0 saturated carbocycles. The lowest BCUT2D eigenvalue weighted by molar-refractivity contribution is 0.204. The van der Waals surface area contributed by atoms with Crippen molar-refractivity contribution < 1.29 is 19.0 Å². The number of nitrogens with one attached hydrogen (secondary N) is 2. The molecule has 0 aliphatic rings. The number of carbonyl (C=O) groups excluding carboxylic acids is 1. The molecule has 5 nitrogen and oxygen atoms in total. The molecule has 0 radical (unpaired) electrons. The van der Waals surface area contributed by atoms with Crippen molar-refractivity contribution in [3.63, 3.8) is 0 Å². The quantitative estimate of drug-likeness (QED) is 0.751. The highest BCUT2D eigenvalue weighted by Crippen LogP contribution is 2.21. The maximum atomic E-state index is 13.5. The second kappa shape index (κ2) is 7.09. The number of amides is 2. The van der Waals surface area contributed by atoms with Gasteiger partial charge in [-0.05, 0) is 24.0 Å². The molecule has 1 aromatic carbocycles. The molecule has 2 amide bonds. The van der Waals surface area contributed by atoms with Gasteiger partial charge in [-0.1, -0.05) is 13.8 Å². The van der Waals surface area contributed by atoms with Crippen LogP contribution in [0.5, 0.6) is 5.75 Å². The lowest BCUT2D eigenvalue weighted by Crippen LogP contribution is -2.37. The van der Waals surface area contributed by atoms with Crippen molar-refractivity contribution in [3.8, 4) is 5.75 Å². The van der Waals surface area contributed by atoms with Gasteiger partial charge in [0.2, 0.25) is 0 Å². The molecule has 0 aromatic heterocycles. The number of anilines is 1. The molecule has 1 rings (SSSR count). The van der Waals surface area contributed by atoms with Crippen LogP contribution < -0.4 is 15.4 Å². The summed E-state index contributed by atoms with van der Waals surface area (Å²) in [5.41, 5.74) is 0.151. The van der Waals surface area contributed by atoms with E-state index in [-0.39, 0.29) is 17.8 Å². The summed E-state index contributed by atoms with van der Waals surface area (Å²) in [5.74, 6) is -0.411. The van der Waals surface area contributed by atoms with Crippen molar-refractivity contribution in [2.75, 3.05) is 25.6 Å². The number of halogens is 1. The lowest BCUT2D eigenvalue weighted by atomic mass is 9.90. The molecule has 0 saturated heterocycles. The van der Waals surface area contributed by atoms with E-state index in [4.69, 9.17) is 9.84 Å². The fourth-order valence-electron chi connectivity index (χ4n) is 1.63. The third-order valence-electron chi connectivity index (χ3n) is 2.93. The Morgan fingerprint density at radius 1 is 1.45 bits per heavy atom. The fourth-order valence-corrected chi connectivity index (χ4v) is 1.63. The van der Waals surface area contributed by atoms with Gasteiger partial charge in [0.1, 0.15) is 0 Å². The molecule has 0 heterocycles. The number of benzene rings is 1. The van der Waals surface area contributed by atoms with E-state index in [1.807, 2.05) is 13.8 Å². The molecule has 3 N–H and O–H groups in total. The van der Waals surface area contributed by atoms with E-state index in [9.17, 15) is 9.18 Å². The minimum absolute atomic E-state index is 0.0694. The second-order valence-corrected chi connectivity index (χ2v) is 5.29. The predicted octanol–water partition coefficient (Wildman–Crippen LogP) is 2.36. The largest absolute Gasteiger partial charge is 0.494 e. The first-order chi connectivity index (χ1) is 9.38. The molecule has 20 heavy (non-hydrogen) atoms. The Morgan fingerprint density at radius 2 is 2.15 bits per heavy atom. The molecule has 0 spiro atoms. The molecular weight excluding hydrogens is 263 g/mol. The molecule has 6 heteroatoms. The molecule has 0 atom stereocenters. The van der Waals surface area contributed by atoms with Gasteiger partial charge in [0, 0.05) is 24.9 Å². The Labute approximate surface area is 118 Å². The third kappa shape index (κ3) is 5.05. The fraction of sp³-hybridized carbons (Fsp3) is 0.500. The normalized spacial score (nSPS) is 11.1. The van der Waals surface area contributed by atoms with Crippen molar-refractivity contribution in [2.24, 2.45) is 5.41 Å². The SMILES string of the molecule is COc1ccc(NC(=O)NCC(C)(C)CCO)cc1F. The van der Waals surface area contributed by atoms with Crippen LogP contribution in [0.2, 0.25) is 0 Å². The summed E-state index contributed by atoms with van der Waals surface area (Å²) in [6, 6.07) is 3.78. The zero-order valence-corrected chi connectivity index (χ0v) is 12.0. The molecular formula is C14H21FN2O3. The van der Waals surface area contributed by atoms with E-state index in [1.54, 1.807) is 6.07 Å². The van der Waals surface area contributed by atoms with Gasteiger partial charge in [-0.15, -0.1) is 0 Å². The van der Waals surface area contributed by atoms with E-state index in [0.717, 1.165) is 0 Å². The van der Waals surface area contributed by atoms with Crippen LogP contribution in [0.15, 0.2) is 18.2 Å². The van der Waals surface area contributed by atoms with Crippen LogP contribution in [0.3, 0.4) is 0 Å². The average molecular weight is 284 g/mol. The number of hydrogen-bond acceptors (Lipinski definition) is 3. The first-order valence-electron chi connectivity index (χ1n) is 6.37. The number of urea groups is 1. The highest BCUT2D eigenvalue weighted by molar-refractivity contribution is 5.89. The smallest absolute Gasteiger partial charge is 0.319 e. The van der Waals surface area contributed by atoms with Crippen molar-refractivity contribution >= 4 is 11.7 Å². The number of hydrogen-bond donors (Lipinski definition) is 3.